The number of aromatic nitrogens is 5. The van der Waals surface area contributed by atoms with Crippen LogP contribution < -0.4 is 4.74 Å². The van der Waals surface area contributed by atoms with Crippen LogP contribution >= 0.6 is 0 Å². The number of hydrogen-bond donors (Lipinski definition) is 1. The van der Waals surface area contributed by atoms with Gasteiger partial charge in [0.2, 0.25) is 11.6 Å². The fraction of sp³-hybridized carbons (Fsp3) is 0.0833. The van der Waals surface area contributed by atoms with E-state index in [1.807, 2.05) is 6.07 Å². The first kappa shape index (κ1) is 11.1. The van der Waals surface area contributed by atoms with E-state index in [2.05, 4.69) is 25.1 Å². The molecule has 3 aromatic rings. The van der Waals surface area contributed by atoms with E-state index < -0.39 is 0 Å². The summed E-state index contributed by atoms with van der Waals surface area (Å²) in [4.78, 5) is 11.2. The number of aryl methyl sites for hydroxylation is 1. The minimum absolute atomic E-state index is 0.129. The maximum atomic E-state index is 8.99. The van der Waals surface area contributed by atoms with Crippen LogP contribution in [-0.4, -0.2) is 25.1 Å². The lowest BCUT2D eigenvalue weighted by atomic mass is 10.2. The fourth-order valence-electron chi connectivity index (χ4n) is 1.63. The van der Waals surface area contributed by atoms with Crippen molar-refractivity contribution < 1.29 is 4.74 Å². The summed E-state index contributed by atoms with van der Waals surface area (Å²) in [6.45, 7) is 1.79. The molecule has 3 rings (SSSR count). The lowest BCUT2D eigenvalue weighted by Gasteiger charge is -2.07. The second-order valence-electron chi connectivity index (χ2n) is 3.84. The van der Waals surface area contributed by atoms with Gasteiger partial charge in [0.25, 0.3) is 0 Å². The number of nitriles is 1. The lowest BCUT2D eigenvalue weighted by Crippen LogP contribution is -1.97. The number of fused-ring (bicyclic) bond motifs is 1. The van der Waals surface area contributed by atoms with Gasteiger partial charge in [0, 0.05) is 11.6 Å². The van der Waals surface area contributed by atoms with Gasteiger partial charge in [-0.05, 0) is 13.0 Å². The molecular weight excluding hydrogens is 244 g/mol. The molecule has 0 unspecified atom stereocenters. The van der Waals surface area contributed by atoms with Crippen LogP contribution in [0.1, 0.15) is 11.3 Å². The molecule has 0 bridgehead atoms. The minimum Gasteiger partial charge on any atom is -0.435 e. The van der Waals surface area contributed by atoms with Gasteiger partial charge in [0.05, 0.1) is 18.0 Å². The number of H-pyrrole nitrogens is 1. The molecule has 3 aromatic heterocycles. The van der Waals surface area contributed by atoms with E-state index in [0.29, 0.717) is 17.3 Å². The van der Waals surface area contributed by atoms with Crippen molar-refractivity contribution in [3.63, 3.8) is 0 Å². The van der Waals surface area contributed by atoms with E-state index in [4.69, 9.17) is 10.00 Å². The summed E-state index contributed by atoms with van der Waals surface area (Å²) < 4.78 is 5.62. The van der Waals surface area contributed by atoms with Crippen LogP contribution in [0.25, 0.3) is 11.2 Å². The highest BCUT2D eigenvalue weighted by molar-refractivity contribution is 5.70. The van der Waals surface area contributed by atoms with Crippen LogP contribution in [0.3, 0.4) is 0 Å². The van der Waals surface area contributed by atoms with Gasteiger partial charge in [-0.25, -0.2) is 4.98 Å². The quantitative estimate of drug-likeness (QED) is 0.745. The third-order valence-corrected chi connectivity index (χ3v) is 2.55. The predicted molar refractivity (Wildman–Crippen MR) is 65.4 cm³/mol. The summed E-state index contributed by atoms with van der Waals surface area (Å²) in [5, 5.41) is 16.4. The zero-order valence-corrected chi connectivity index (χ0v) is 9.95. The first-order valence-electron chi connectivity index (χ1n) is 5.48. The highest BCUT2D eigenvalue weighted by atomic mass is 16.5. The molecular formula is C12H8N6O. The van der Waals surface area contributed by atoms with Gasteiger partial charge >= 0.3 is 0 Å². The number of nitrogens with one attached hydrogen (secondary N) is 1. The Morgan fingerprint density at radius 2 is 2.26 bits per heavy atom. The number of imidazole rings is 1. The third-order valence-electron chi connectivity index (χ3n) is 2.55. The van der Waals surface area contributed by atoms with Crippen LogP contribution in [0.15, 0.2) is 24.7 Å². The molecule has 19 heavy (non-hydrogen) atoms. The standard InChI is InChI=1S/C12H8N6O/c1-7-5-16-18-9(4-13)11(7)19-10-3-2-8-12(17-10)15-6-14-8/h2-3,5-6H,1H3,(H,14,15,17). The molecule has 0 radical (unpaired) electrons. The van der Waals surface area contributed by atoms with Gasteiger partial charge in [0.1, 0.15) is 6.07 Å². The predicted octanol–water partition coefficient (Wildman–Crippen LogP) is 1.72. The summed E-state index contributed by atoms with van der Waals surface area (Å²) in [5.74, 6) is 0.715. The van der Waals surface area contributed by atoms with Crippen LogP contribution in [-0.2, 0) is 0 Å². The Kier molecular flexibility index (Phi) is 2.54. The van der Waals surface area contributed by atoms with Crippen molar-refractivity contribution in [3.05, 3.63) is 35.9 Å². The van der Waals surface area contributed by atoms with E-state index in [1.165, 1.54) is 6.20 Å². The van der Waals surface area contributed by atoms with Gasteiger partial charge in [-0.15, -0.1) is 5.10 Å². The Morgan fingerprint density at radius 1 is 1.37 bits per heavy atom. The molecule has 0 amide bonds. The molecule has 7 heteroatoms. The van der Waals surface area contributed by atoms with Gasteiger partial charge in [0.15, 0.2) is 11.4 Å². The first-order chi connectivity index (χ1) is 9.28. The molecule has 0 atom stereocenters. The van der Waals surface area contributed by atoms with Crippen LogP contribution in [0.5, 0.6) is 11.6 Å². The molecule has 1 N–H and O–H groups in total. The Labute approximate surface area is 107 Å². The Bertz CT molecular complexity index is 788. The number of nitrogens with zero attached hydrogens (tertiary/aromatic N) is 5. The van der Waals surface area contributed by atoms with Crippen molar-refractivity contribution in [2.24, 2.45) is 0 Å². The molecule has 7 nitrogen and oxygen atoms in total. The summed E-state index contributed by atoms with van der Waals surface area (Å²) in [5.41, 5.74) is 2.22. The molecule has 0 aromatic carbocycles. The van der Waals surface area contributed by atoms with Crippen molar-refractivity contribution in [3.8, 4) is 17.7 Å². The third kappa shape index (κ3) is 1.95. The number of aromatic amines is 1. The van der Waals surface area contributed by atoms with Crippen LogP contribution in [0.2, 0.25) is 0 Å². The summed E-state index contributed by atoms with van der Waals surface area (Å²) in [6, 6.07) is 5.44. The van der Waals surface area contributed by atoms with Gasteiger partial charge in [-0.2, -0.15) is 15.3 Å². The van der Waals surface area contributed by atoms with E-state index in [0.717, 1.165) is 11.1 Å². The number of hydrogen-bond acceptors (Lipinski definition) is 6. The van der Waals surface area contributed by atoms with Crippen molar-refractivity contribution in [1.82, 2.24) is 25.1 Å². The topological polar surface area (TPSA) is 100 Å². The first-order valence-corrected chi connectivity index (χ1v) is 5.48. The Hall–Kier alpha value is -3.01. The summed E-state index contributed by atoms with van der Waals surface area (Å²) >= 11 is 0. The van der Waals surface area contributed by atoms with E-state index in [1.54, 1.807) is 25.4 Å². The number of ether oxygens (including phenoxy) is 1. The zero-order valence-electron chi connectivity index (χ0n) is 9.95. The fourth-order valence-corrected chi connectivity index (χ4v) is 1.63. The zero-order chi connectivity index (χ0) is 13.2. The van der Waals surface area contributed by atoms with E-state index in [9.17, 15) is 0 Å². The molecule has 0 aliphatic heterocycles. The molecule has 0 aliphatic rings. The van der Waals surface area contributed by atoms with Crippen molar-refractivity contribution >= 4 is 11.2 Å². The highest BCUT2D eigenvalue weighted by Gasteiger charge is 2.11. The molecule has 0 saturated heterocycles. The van der Waals surface area contributed by atoms with Crippen molar-refractivity contribution in [1.29, 1.82) is 5.26 Å². The minimum atomic E-state index is 0.129. The molecule has 3 heterocycles. The van der Waals surface area contributed by atoms with E-state index in [-0.39, 0.29) is 5.69 Å². The Morgan fingerprint density at radius 3 is 3.11 bits per heavy atom. The smallest absolute Gasteiger partial charge is 0.221 e. The monoisotopic (exact) mass is 252 g/mol. The second-order valence-corrected chi connectivity index (χ2v) is 3.84. The van der Waals surface area contributed by atoms with Crippen LogP contribution in [0, 0.1) is 18.3 Å². The molecule has 0 aliphatic carbocycles. The number of rotatable bonds is 2. The van der Waals surface area contributed by atoms with Crippen LogP contribution in [0.4, 0.5) is 0 Å². The lowest BCUT2D eigenvalue weighted by molar-refractivity contribution is 0.455. The maximum absolute atomic E-state index is 8.99. The van der Waals surface area contributed by atoms with Crippen molar-refractivity contribution in [2.75, 3.05) is 0 Å². The summed E-state index contributed by atoms with van der Waals surface area (Å²) in [6.07, 6.45) is 3.09. The van der Waals surface area contributed by atoms with Gasteiger partial charge < -0.3 is 9.72 Å². The molecule has 0 spiro atoms. The normalized spacial score (nSPS) is 10.3. The van der Waals surface area contributed by atoms with E-state index >= 15 is 0 Å². The average Bonchev–Trinajstić information content (AvgIpc) is 2.88. The van der Waals surface area contributed by atoms with Crippen molar-refractivity contribution in [2.45, 2.75) is 6.92 Å². The average molecular weight is 252 g/mol. The highest BCUT2D eigenvalue weighted by Crippen LogP contribution is 2.26. The number of pyridine rings is 1. The van der Waals surface area contributed by atoms with Gasteiger partial charge in [-0.1, -0.05) is 0 Å². The maximum Gasteiger partial charge on any atom is 0.221 e. The summed E-state index contributed by atoms with van der Waals surface area (Å²) in [7, 11) is 0. The Balaban J connectivity index is 2.03. The molecule has 0 fully saturated rings. The van der Waals surface area contributed by atoms with Gasteiger partial charge in [-0.3, -0.25) is 0 Å². The molecule has 0 saturated carbocycles. The largest absolute Gasteiger partial charge is 0.435 e. The molecule has 92 valence electrons. The second kappa shape index (κ2) is 4.34. The SMILES string of the molecule is Cc1cnnc(C#N)c1Oc1ccc2[nH]cnc2n1.